The third-order valence-corrected chi connectivity index (χ3v) is 4.45. The van der Waals surface area contributed by atoms with Crippen LogP contribution in [0, 0.1) is 5.92 Å². The predicted octanol–water partition coefficient (Wildman–Crippen LogP) is 2.57. The fourth-order valence-corrected chi connectivity index (χ4v) is 2.96. The molecular weight excluding hydrogens is 348 g/mol. The number of benzene rings is 1. The van der Waals surface area contributed by atoms with Crippen molar-refractivity contribution in [3.63, 3.8) is 0 Å². The van der Waals surface area contributed by atoms with Crippen LogP contribution >= 0.6 is 0 Å². The molecule has 1 aliphatic heterocycles. The Morgan fingerprint density at radius 2 is 1.67 bits per heavy atom. The predicted molar refractivity (Wildman–Crippen MR) is 102 cm³/mol. The summed E-state index contributed by atoms with van der Waals surface area (Å²) in [6, 6.07) is 5.49. The first-order valence-corrected chi connectivity index (χ1v) is 9.35. The molecule has 0 bridgehead atoms. The maximum Gasteiger partial charge on any atom is 0.409 e. The molecular formula is C20H30N2O5. The Balaban J connectivity index is 1.91. The average Bonchev–Trinajstić information content (AvgIpc) is 2.92. The van der Waals surface area contributed by atoms with Crippen LogP contribution in [0.4, 0.5) is 4.79 Å². The molecule has 7 heteroatoms. The first kappa shape index (κ1) is 20.9. The molecule has 1 heterocycles. The second-order valence-electron chi connectivity index (χ2n) is 7.06. The van der Waals surface area contributed by atoms with Gasteiger partial charge in [-0.05, 0) is 30.0 Å². The quantitative estimate of drug-likeness (QED) is 0.761. The second-order valence-corrected chi connectivity index (χ2v) is 7.06. The number of hydrogen-bond acceptors (Lipinski definition) is 5. The molecule has 1 aromatic rings. The van der Waals surface area contributed by atoms with Crippen molar-refractivity contribution in [1.82, 2.24) is 9.80 Å². The molecule has 0 atom stereocenters. The van der Waals surface area contributed by atoms with E-state index >= 15 is 0 Å². The number of hydrogen-bond donors (Lipinski definition) is 0. The van der Waals surface area contributed by atoms with Gasteiger partial charge < -0.3 is 24.0 Å². The maximum atomic E-state index is 12.7. The van der Waals surface area contributed by atoms with E-state index in [0.29, 0.717) is 50.2 Å². The minimum atomic E-state index is -0.294. The van der Waals surface area contributed by atoms with E-state index in [0.717, 1.165) is 12.0 Å². The largest absolute Gasteiger partial charge is 0.493 e. The lowest BCUT2D eigenvalue weighted by Crippen LogP contribution is -2.38. The van der Waals surface area contributed by atoms with E-state index < -0.39 is 0 Å². The van der Waals surface area contributed by atoms with Gasteiger partial charge in [-0.2, -0.15) is 0 Å². The summed E-state index contributed by atoms with van der Waals surface area (Å²) >= 11 is 0. The van der Waals surface area contributed by atoms with Gasteiger partial charge in [0.05, 0.1) is 27.2 Å². The Labute approximate surface area is 161 Å². The fourth-order valence-electron chi connectivity index (χ4n) is 2.96. The molecule has 1 fully saturated rings. The lowest BCUT2D eigenvalue weighted by molar-refractivity contribution is -0.130. The Hall–Kier alpha value is -2.44. The molecule has 2 amide bonds. The Bertz CT molecular complexity index is 647. The molecule has 0 spiro atoms. The van der Waals surface area contributed by atoms with Crippen molar-refractivity contribution in [1.29, 1.82) is 0 Å². The molecule has 2 rings (SSSR count). The summed E-state index contributed by atoms with van der Waals surface area (Å²) in [5, 5.41) is 0. The van der Waals surface area contributed by atoms with Crippen molar-refractivity contribution < 1.29 is 23.8 Å². The van der Waals surface area contributed by atoms with Gasteiger partial charge in [0.1, 0.15) is 0 Å². The van der Waals surface area contributed by atoms with Crippen molar-refractivity contribution in [3.05, 3.63) is 23.8 Å². The Kier molecular flexibility index (Phi) is 7.76. The molecule has 1 aromatic carbocycles. The SMILES string of the molecule is COc1ccc(CC(=O)N2CCCN(C(=O)OCC(C)C)CC2)cc1OC. The third kappa shape index (κ3) is 6.05. The van der Waals surface area contributed by atoms with Gasteiger partial charge in [-0.15, -0.1) is 0 Å². The van der Waals surface area contributed by atoms with Crippen molar-refractivity contribution in [2.24, 2.45) is 5.92 Å². The van der Waals surface area contributed by atoms with E-state index in [9.17, 15) is 9.59 Å². The molecule has 0 radical (unpaired) electrons. The summed E-state index contributed by atoms with van der Waals surface area (Å²) in [5.41, 5.74) is 0.870. The summed E-state index contributed by atoms with van der Waals surface area (Å²) in [6.45, 7) is 6.68. The average molecular weight is 378 g/mol. The molecule has 1 aliphatic rings. The van der Waals surface area contributed by atoms with Crippen molar-refractivity contribution in [2.75, 3.05) is 47.0 Å². The lowest BCUT2D eigenvalue weighted by Gasteiger charge is -2.22. The summed E-state index contributed by atoms with van der Waals surface area (Å²) in [5.74, 6) is 1.59. The topological polar surface area (TPSA) is 68.3 Å². The van der Waals surface area contributed by atoms with Crippen molar-refractivity contribution in [3.8, 4) is 11.5 Å². The van der Waals surface area contributed by atoms with Gasteiger partial charge in [0, 0.05) is 26.2 Å². The number of ether oxygens (including phenoxy) is 3. The maximum absolute atomic E-state index is 12.7. The van der Waals surface area contributed by atoms with Crippen LogP contribution in [0.3, 0.4) is 0 Å². The summed E-state index contributed by atoms with van der Waals surface area (Å²) in [7, 11) is 3.16. The van der Waals surface area contributed by atoms with Gasteiger partial charge in [0.25, 0.3) is 0 Å². The van der Waals surface area contributed by atoms with Crippen LogP contribution in [0.2, 0.25) is 0 Å². The highest BCUT2D eigenvalue weighted by molar-refractivity contribution is 5.79. The van der Waals surface area contributed by atoms with Gasteiger partial charge in [0.15, 0.2) is 11.5 Å². The monoisotopic (exact) mass is 378 g/mol. The first-order chi connectivity index (χ1) is 12.9. The Morgan fingerprint density at radius 1 is 1.00 bits per heavy atom. The summed E-state index contributed by atoms with van der Waals surface area (Å²) < 4.78 is 15.8. The summed E-state index contributed by atoms with van der Waals surface area (Å²) in [6.07, 6.45) is 0.741. The van der Waals surface area contributed by atoms with Crippen LogP contribution < -0.4 is 9.47 Å². The molecule has 0 aromatic heterocycles. The lowest BCUT2D eigenvalue weighted by atomic mass is 10.1. The van der Waals surface area contributed by atoms with Crippen LogP contribution in [-0.4, -0.2) is 68.8 Å². The number of amides is 2. The molecule has 150 valence electrons. The molecule has 0 N–H and O–H groups in total. The standard InChI is InChI=1S/C20H30N2O5/c1-15(2)14-27-20(24)22-9-5-8-21(10-11-22)19(23)13-16-6-7-17(25-3)18(12-16)26-4/h6-7,12,15H,5,8-11,13-14H2,1-4H3. The van der Waals surface area contributed by atoms with E-state index in [1.165, 1.54) is 0 Å². The van der Waals surface area contributed by atoms with Crippen LogP contribution in [0.5, 0.6) is 11.5 Å². The van der Waals surface area contributed by atoms with Crippen LogP contribution in [0.15, 0.2) is 18.2 Å². The minimum Gasteiger partial charge on any atom is -0.493 e. The van der Waals surface area contributed by atoms with E-state index in [1.807, 2.05) is 30.9 Å². The second kappa shape index (κ2) is 10.0. The Morgan fingerprint density at radius 3 is 2.33 bits per heavy atom. The number of nitrogens with zero attached hydrogens (tertiary/aromatic N) is 2. The molecule has 7 nitrogen and oxygen atoms in total. The molecule has 0 unspecified atom stereocenters. The highest BCUT2D eigenvalue weighted by atomic mass is 16.6. The van der Waals surface area contributed by atoms with E-state index in [-0.39, 0.29) is 18.4 Å². The molecule has 27 heavy (non-hydrogen) atoms. The smallest absolute Gasteiger partial charge is 0.409 e. The highest BCUT2D eigenvalue weighted by Gasteiger charge is 2.23. The van der Waals surface area contributed by atoms with Gasteiger partial charge >= 0.3 is 6.09 Å². The normalized spacial score (nSPS) is 14.7. The number of carbonyl (C=O) groups excluding carboxylic acids is 2. The van der Waals surface area contributed by atoms with Gasteiger partial charge in [-0.1, -0.05) is 19.9 Å². The van der Waals surface area contributed by atoms with E-state index in [2.05, 4.69) is 0 Å². The molecule has 1 saturated heterocycles. The van der Waals surface area contributed by atoms with Crippen LogP contribution in [0.25, 0.3) is 0 Å². The number of carbonyl (C=O) groups is 2. The minimum absolute atomic E-state index is 0.0413. The van der Waals surface area contributed by atoms with Gasteiger partial charge in [-0.3, -0.25) is 4.79 Å². The first-order valence-electron chi connectivity index (χ1n) is 9.35. The highest BCUT2D eigenvalue weighted by Crippen LogP contribution is 2.27. The fraction of sp³-hybridized carbons (Fsp3) is 0.600. The molecule has 0 aliphatic carbocycles. The third-order valence-electron chi connectivity index (χ3n) is 4.45. The van der Waals surface area contributed by atoms with Crippen LogP contribution in [0.1, 0.15) is 25.8 Å². The zero-order chi connectivity index (χ0) is 19.8. The van der Waals surface area contributed by atoms with E-state index in [4.69, 9.17) is 14.2 Å². The molecule has 0 saturated carbocycles. The van der Waals surface area contributed by atoms with E-state index in [1.54, 1.807) is 25.2 Å². The van der Waals surface area contributed by atoms with Crippen molar-refractivity contribution >= 4 is 12.0 Å². The number of rotatable bonds is 6. The van der Waals surface area contributed by atoms with Crippen molar-refractivity contribution in [2.45, 2.75) is 26.7 Å². The zero-order valence-corrected chi connectivity index (χ0v) is 16.7. The zero-order valence-electron chi connectivity index (χ0n) is 16.7. The van der Waals surface area contributed by atoms with Gasteiger partial charge in [-0.25, -0.2) is 4.79 Å². The summed E-state index contributed by atoms with van der Waals surface area (Å²) in [4.78, 5) is 28.3. The van der Waals surface area contributed by atoms with Gasteiger partial charge in [0.2, 0.25) is 5.91 Å². The number of methoxy groups -OCH3 is 2. The van der Waals surface area contributed by atoms with Crippen LogP contribution in [-0.2, 0) is 16.0 Å².